The van der Waals surface area contributed by atoms with Gasteiger partial charge in [0.15, 0.2) is 0 Å². The quantitative estimate of drug-likeness (QED) is 0.428. The number of rotatable bonds is 3. The van der Waals surface area contributed by atoms with Crippen LogP contribution in [0, 0.1) is 0 Å². The first-order valence-corrected chi connectivity index (χ1v) is 4.90. The third kappa shape index (κ3) is 3.04. The third-order valence-electron chi connectivity index (χ3n) is 0.817. The second-order valence-corrected chi connectivity index (χ2v) is 5.21. The largest absolute Gasteiger partial charge is 0.343 e. The first kappa shape index (κ1) is 10.7. The molecule has 1 atom stereocenters. The van der Waals surface area contributed by atoms with Gasteiger partial charge in [-0.2, -0.15) is 0 Å². The van der Waals surface area contributed by atoms with E-state index in [-0.39, 0.29) is 3.38 Å². The zero-order valence-electron chi connectivity index (χ0n) is 5.03. The van der Waals surface area contributed by atoms with Crippen LogP contribution in [0.4, 0.5) is 0 Å². The highest BCUT2D eigenvalue weighted by atomic mass is 127. The lowest BCUT2D eigenvalue weighted by Gasteiger charge is -2.24. The molecular formula is C4H7ClI2O2. The van der Waals surface area contributed by atoms with Crippen molar-refractivity contribution >= 4 is 56.8 Å². The van der Waals surface area contributed by atoms with Crippen molar-refractivity contribution in [2.45, 2.75) is 7.18 Å². The molecule has 0 aromatic heterocycles. The molecule has 0 fully saturated rings. The van der Waals surface area contributed by atoms with E-state index in [1.807, 2.05) is 45.2 Å². The molecule has 9 heavy (non-hydrogen) atoms. The summed E-state index contributed by atoms with van der Waals surface area (Å²) in [6.07, 6.45) is 0. The molecular weight excluding hydrogens is 369 g/mol. The Morgan fingerprint density at radius 3 is 1.78 bits per heavy atom. The molecule has 0 bridgehead atoms. The molecule has 2 nitrogen and oxygen atoms in total. The average Bonchev–Trinajstić information content (AvgIpc) is 1.86. The van der Waals surface area contributed by atoms with Gasteiger partial charge in [0.25, 0.3) is 0 Å². The molecule has 56 valence electrons. The number of methoxy groups -OCH3 is 2. The van der Waals surface area contributed by atoms with Crippen molar-refractivity contribution in [1.82, 2.24) is 0 Å². The monoisotopic (exact) mass is 376 g/mol. The average molecular weight is 376 g/mol. The van der Waals surface area contributed by atoms with Crippen molar-refractivity contribution in [3.05, 3.63) is 0 Å². The van der Waals surface area contributed by atoms with Crippen LogP contribution in [0.3, 0.4) is 0 Å². The van der Waals surface area contributed by atoms with E-state index in [1.54, 1.807) is 14.2 Å². The van der Waals surface area contributed by atoms with Crippen LogP contribution in [0.1, 0.15) is 0 Å². The lowest BCUT2D eigenvalue weighted by atomic mass is 10.7. The molecule has 0 aliphatic carbocycles. The highest BCUT2D eigenvalue weighted by Gasteiger charge is 2.32. The normalized spacial score (nSPS) is 15.7. The number of halogens is 3. The number of hydrogen-bond donors (Lipinski definition) is 0. The Kier molecular flexibility index (Phi) is 5.37. The summed E-state index contributed by atoms with van der Waals surface area (Å²) in [5.74, 6) is 0. The summed E-state index contributed by atoms with van der Waals surface area (Å²) >= 11 is 9.75. The lowest BCUT2D eigenvalue weighted by molar-refractivity contribution is -0.104. The second-order valence-electron chi connectivity index (χ2n) is 1.29. The molecule has 5 heteroatoms. The van der Waals surface area contributed by atoms with Crippen LogP contribution in [-0.2, 0) is 9.47 Å². The first-order chi connectivity index (χ1) is 4.06. The Morgan fingerprint density at radius 1 is 1.44 bits per heavy atom. The van der Waals surface area contributed by atoms with Crippen molar-refractivity contribution in [3.63, 3.8) is 0 Å². The van der Waals surface area contributed by atoms with Crippen molar-refractivity contribution < 1.29 is 9.47 Å². The summed E-state index contributed by atoms with van der Waals surface area (Å²) in [5.41, 5.74) is 0. The Morgan fingerprint density at radius 2 is 1.78 bits per heavy atom. The Balaban J connectivity index is 3.92. The van der Waals surface area contributed by atoms with Gasteiger partial charge >= 0.3 is 0 Å². The number of alkyl halides is 3. The molecule has 0 amide bonds. The van der Waals surface area contributed by atoms with E-state index in [1.165, 1.54) is 0 Å². The Bertz CT molecular complexity index is 84.6. The standard InChI is InChI=1S/C4H7ClI2O2/c1-8-4(7,9-2)3(5)6/h3H,1-2H3. The fourth-order valence-electron chi connectivity index (χ4n) is 0.262. The zero-order valence-corrected chi connectivity index (χ0v) is 10.1. The summed E-state index contributed by atoms with van der Waals surface area (Å²) in [6, 6.07) is 0. The zero-order chi connectivity index (χ0) is 7.49. The molecule has 0 N–H and O–H groups in total. The van der Waals surface area contributed by atoms with Gasteiger partial charge < -0.3 is 9.47 Å². The van der Waals surface area contributed by atoms with Gasteiger partial charge in [0.2, 0.25) is 3.79 Å². The summed E-state index contributed by atoms with van der Waals surface area (Å²) in [7, 11) is 3.12. The maximum atomic E-state index is 5.71. The number of hydrogen-bond acceptors (Lipinski definition) is 2. The molecule has 0 aromatic carbocycles. The van der Waals surface area contributed by atoms with E-state index in [2.05, 4.69) is 0 Å². The first-order valence-electron chi connectivity index (χ1n) is 2.14. The lowest BCUT2D eigenvalue weighted by Crippen LogP contribution is -2.32. The highest BCUT2D eigenvalue weighted by molar-refractivity contribution is 14.1. The van der Waals surface area contributed by atoms with E-state index in [4.69, 9.17) is 21.1 Å². The fraction of sp³-hybridized carbons (Fsp3) is 1.00. The van der Waals surface area contributed by atoms with Gasteiger partial charge in [-0.1, -0.05) is 22.6 Å². The predicted octanol–water partition coefficient (Wildman–Crippen LogP) is 2.37. The van der Waals surface area contributed by atoms with Crippen LogP contribution < -0.4 is 0 Å². The molecule has 0 saturated carbocycles. The minimum atomic E-state index is -0.695. The van der Waals surface area contributed by atoms with Gasteiger partial charge in [-0.3, -0.25) is 0 Å². The van der Waals surface area contributed by atoms with Crippen LogP contribution in [0.25, 0.3) is 0 Å². The molecule has 0 heterocycles. The van der Waals surface area contributed by atoms with Gasteiger partial charge in [0, 0.05) is 14.2 Å². The van der Waals surface area contributed by atoms with Crippen LogP contribution in [0.15, 0.2) is 0 Å². The molecule has 0 rings (SSSR count). The SMILES string of the molecule is COC(I)(OC)C(Cl)I. The van der Waals surface area contributed by atoms with Crippen LogP contribution in [0.2, 0.25) is 0 Å². The minimum Gasteiger partial charge on any atom is -0.343 e. The molecule has 0 spiro atoms. The molecule has 0 saturated heterocycles. The molecule has 0 radical (unpaired) electrons. The van der Waals surface area contributed by atoms with Crippen LogP contribution >= 0.6 is 56.8 Å². The van der Waals surface area contributed by atoms with E-state index < -0.39 is 3.79 Å². The summed E-state index contributed by atoms with van der Waals surface area (Å²) in [4.78, 5) is 0. The van der Waals surface area contributed by atoms with E-state index in [0.717, 1.165) is 0 Å². The van der Waals surface area contributed by atoms with Gasteiger partial charge in [0.05, 0.1) is 0 Å². The maximum absolute atomic E-state index is 5.71. The second kappa shape index (κ2) is 4.53. The Hall–Kier alpha value is 1.67. The van der Waals surface area contributed by atoms with E-state index in [0.29, 0.717) is 0 Å². The minimum absolute atomic E-state index is 0.189. The topological polar surface area (TPSA) is 18.5 Å². The Labute approximate surface area is 86.9 Å². The van der Waals surface area contributed by atoms with Gasteiger partial charge in [-0.25, -0.2) is 0 Å². The van der Waals surface area contributed by atoms with Gasteiger partial charge in [0.1, 0.15) is 3.38 Å². The van der Waals surface area contributed by atoms with Crippen molar-refractivity contribution in [3.8, 4) is 0 Å². The third-order valence-corrected chi connectivity index (χ3v) is 4.99. The van der Waals surface area contributed by atoms with E-state index in [9.17, 15) is 0 Å². The van der Waals surface area contributed by atoms with Gasteiger partial charge in [-0.15, -0.1) is 11.6 Å². The van der Waals surface area contributed by atoms with Crippen LogP contribution in [-0.4, -0.2) is 21.4 Å². The smallest absolute Gasteiger partial charge is 0.247 e. The van der Waals surface area contributed by atoms with E-state index >= 15 is 0 Å². The van der Waals surface area contributed by atoms with Crippen molar-refractivity contribution in [2.24, 2.45) is 0 Å². The molecule has 1 unspecified atom stereocenters. The highest BCUT2D eigenvalue weighted by Crippen LogP contribution is 2.32. The molecule has 0 aliphatic rings. The maximum Gasteiger partial charge on any atom is 0.247 e. The molecule has 0 aromatic rings. The van der Waals surface area contributed by atoms with Crippen molar-refractivity contribution in [1.29, 1.82) is 0 Å². The van der Waals surface area contributed by atoms with Crippen LogP contribution in [0.5, 0.6) is 0 Å². The van der Waals surface area contributed by atoms with Crippen molar-refractivity contribution in [2.75, 3.05) is 14.2 Å². The number of ether oxygens (including phenoxy) is 2. The van der Waals surface area contributed by atoms with Gasteiger partial charge in [-0.05, 0) is 22.6 Å². The molecule has 0 aliphatic heterocycles. The summed E-state index contributed by atoms with van der Waals surface area (Å²) in [6.45, 7) is 0. The fourth-order valence-corrected chi connectivity index (χ4v) is 0.948. The summed E-state index contributed by atoms with van der Waals surface area (Å²) in [5, 5.41) is 0. The summed E-state index contributed by atoms with van der Waals surface area (Å²) < 4.78 is 9.06. The predicted molar refractivity (Wildman–Crippen MR) is 54.4 cm³/mol.